The molecule has 1 N–H and O–H groups in total. The van der Waals surface area contributed by atoms with Crippen LogP contribution in [0.4, 0.5) is 22.7 Å². The number of non-ortho nitro benzene ring substituents is 1. The van der Waals surface area contributed by atoms with Crippen molar-refractivity contribution in [3.8, 4) is 0 Å². The van der Waals surface area contributed by atoms with Crippen molar-refractivity contribution in [3.05, 3.63) is 106 Å². The number of anilines is 3. The standard InChI is InChI=1S/C25H24N5O3P/c1-25(2)21-11-7-8-12-22(21)28(3)24(25)23-17-26-29(19-9-5-4-6-10-19)34(23,33)27-18-13-15-20(16-14-18)30(31)32/h4-17H,1-3H3,(H,27,33)/b24-23-/t34-/m0/s1. The zero-order valence-corrected chi connectivity index (χ0v) is 19.9. The number of allylic oxidation sites excluding steroid dienone is 2. The van der Waals surface area contributed by atoms with E-state index in [0.717, 1.165) is 16.9 Å². The normalized spacial score (nSPS) is 22.7. The third-order valence-corrected chi connectivity index (χ3v) is 8.75. The summed E-state index contributed by atoms with van der Waals surface area (Å²) >= 11 is 0. The Kier molecular flexibility index (Phi) is 5.06. The number of likely N-dealkylation sites (N-methyl/N-ethyl adjacent to an activating group) is 1. The molecule has 0 aromatic heterocycles. The van der Waals surface area contributed by atoms with Crippen LogP contribution < -0.4 is 14.8 Å². The first-order valence-electron chi connectivity index (χ1n) is 10.8. The maximum atomic E-state index is 14.9. The van der Waals surface area contributed by atoms with Crippen LogP contribution in [0.5, 0.6) is 0 Å². The second-order valence-corrected chi connectivity index (χ2v) is 11.0. The predicted molar refractivity (Wildman–Crippen MR) is 137 cm³/mol. The minimum absolute atomic E-state index is 0.0305. The Morgan fingerprint density at radius 1 is 0.971 bits per heavy atom. The first kappa shape index (κ1) is 21.9. The van der Waals surface area contributed by atoms with E-state index in [1.165, 1.54) is 16.9 Å². The first-order valence-corrected chi connectivity index (χ1v) is 12.5. The number of hydrogen-bond donors (Lipinski definition) is 1. The van der Waals surface area contributed by atoms with Gasteiger partial charge in [0.15, 0.2) is 0 Å². The van der Waals surface area contributed by atoms with Crippen LogP contribution in [-0.2, 0) is 9.98 Å². The van der Waals surface area contributed by atoms with Crippen LogP contribution in [0.1, 0.15) is 19.4 Å². The van der Waals surface area contributed by atoms with Crippen molar-refractivity contribution in [2.75, 3.05) is 21.8 Å². The van der Waals surface area contributed by atoms with E-state index in [0.29, 0.717) is 16.7 Å². The number of rotatable bonds is 4. The van der Waals surface area contributed by atoms with Crippen molar-refractivity contribution < 1.29 is 9.49 Å². The van der Waals surface area contributed by atoms with Crippen LogP contribution in [0.25, 0.3) is 0 Å². The molecular formula is C25H24N5O3P. The summed E-state index contributed by atoms with van der Waals surface area (Å²) in [7, 11) is -1.56. The number of nitro benzene ring substituents is 1. The number of nitro groups is 1. The van der Waals surface area contributed by atoms with E-state index in [2.05, 4.69) is 41.1 Å². The number of para-hydroxylation sites is 2. The quantitative estimate of drug-likeness (QED) is 0.270. The molecule has 5 rings (SSSR count). The molecule has 1 atom stereocenters. The van der Waals surface area contributed by atoms with Gasteiger partial charge in [0.2, 0.25) is 0 Å². The summed E-state index contributed by atoms with van der Waals surface area (Å²) in [5.41, 5.74) is 3.85. The molecule has 9 heteroatoms. The van der Waals surface area contributed by atoms with Crippen molar-refractivity contribution in [1.82, 2.24) is 0 Å². The molecule has 2 aliphatic heterocycles. The molecule has 0 saturated carbocycles. The molecule has 0 bridgehead atoms. The summed E-state index contributed by atoms with van der Waals surface area (Å²) < 4.78 is 16.4. The van der Waals surface area contributed by atoms with Gasteiger partial charge in [-0.15, -0.1) is 0 Å². The van der Waals surface area contributed by atoms with E-state index in [9.17, 15) is 14.7 Å². The molecule has 2 heterocycles. The number of hydrazone groups is 1. The molecule has 3 aromatic rings. The SMILES string of the molecule is CN1/C(=C2/C=NN(c3ccccc3)[P@@]2(=O)Nc2ccc([N+](=O)[O-])cc2)C(C)(C)c2ccccc21. The van der Waals surface area contributed by atoms with Gasteiger partial charge < -0.3 is 9.99 Å². The number of hydrogen-bond acceptors (Lipinski definition) is 5. The lowest BCUT2D eigenvalue weighted by atomic mass is 9.84. The van der Waals surface area contributed by atoms with Crippen LogP contribution in [0.3, 0.4) is 0 Å². The molecule has 8 nitrogen and oxygen atoms in total. The molecule has 0 spiro atoms. The van der Waals surface area contributed by atoms with Gasteiger partial charge >= 0.3 is 7.44 Å². The molecule has 0 unspecified atom stereocenters. The molecule has 0 saturated heterocycles. The Morgan fingerprint density at radius 3 is 2.26 bits per heavy atom. The van der Waals surface area contributed by atoms with Gasteiger partial charge in [-0.2, -0.15) is 9.88 Å². The first-order chi connectivity index (χ1) is 16.2. The Morgan fingerprint density at radius 2 is 1.62 bits per heavy atom. The van der Waals surface area contributed by atoms with Gasteiger partial charge in [0.1, 0.15) is 0 Å². The van der Waals surface area contributed by atoms with Crippen LogP contribution >= 0.6 is 7.44 Å². The largest absolute Gasteiger partial charge is 0.346 e. The average molecular weight is 473 g/mol. The lowest BCUT2D eigenvalue weighted by Crippen LogP contribution is -2.26. The molecule has 34 heavy (non-hydrogen) atoms. The fourth-order valence-electron chi connectivity index (χ4n) is 4.75. The summed E-state index contributed by atoms with van der Waals surface area (Å²) in [4.78, 5) is 12.7. The van der Waals surface area contributed by atoms with E-state index in [1.807, 2.05) is 49.5 Å². The van der Waals surface area contributed by atoms with Crippen LogP contribution in [0.15, 0.2) is 95.0 Å². The molecular weight excluding hydrogens is 449 g/mol. The maximum absolute atomic E-state index is 14.9. The molecule has 0 aliphatic carbocycles. The van der Waals surface area contributed by atoms with Crippen molar-refractivity contribution in [3.63, 3.8) is 0 Å². The highest BCUT2D eigenvalue weighted by Crippen LogP contribution is 2.64. The number of benzene rings is 3. The lowest BCUT2D eigenvalue weighted by molar-refractivity contribution is -0.384. The lowest BCUT2D eigenvalue weighted by Gasteiger charge is -2.31. The molecule has 0 radical (unpaired) electrons. The minimum atomic E-state index is -3.54. The van der Waals surface area contributed by atoms with Gasteiger partial charge in [0.25, 0.3) is 5.69 Å². The van der Waals surface area contributed by atoms with Crippen LogP contribution in [0, 0.1) is 10.1 Å². The fourth-order valence-corrected chi connectivity index (χ4v) is 7.25. The summed E-state index contributed by atoms with van der Waals surface area (Å²) in [6.07, 6.45) is 1.67. The molecule has 3 aromatic carbocycles. The zero-order valence-electron chi connectivity index (χ0n) is 19.0. The number of nitrogens with zero attached hydrogens (tertiary/aromatic N) is 4. The third kappa shape index (κ3) is 3.30. The summed E-state index contributed by atoms with van der Waals surface area (Å²) in [5.74, 6) is 0. The summed E-state index contributed by atoms with van der Waals surface area (Å²) in [5, 5.41) is 19.5. The van der Waals surface area contributed by atoms with Crippen LogP contribution in [-0.4, -0.2) is 18.2 Å². The summed E-state index contributed by atoms with van der Waals surface area (Å²) in [6.45, 7) is 4.24. The smallest absolute Gasteiger partial charge is 0.313 e. The van der Waals surface area contributed by atoms with Crippen molar-refractivity contribution in [2.24, 2.45) is 5.10 Å². The number of nitrogens with one attached hydrogen (secondary N) is 1. The van der Waals surface area contributed by atoms with E-state index >= 15 is 0 Å². The van der Waals surface area contributed by atoms with E-state index in [1.54, 1.807) is 18.3 Å². The van der Waals surface area contributed by atoms with Crippen molar-refractivity contribution in [1.29, 1.82) is 0 Å². The van der Waals surface area contributed by atoms with Gasteiger partial charge in [-0.3, -0.25) is 14.7 Å². The van der Waals surface area contributed by atoms with Gasteiger partial charge in [-0.05, 0) is 35.9 Å². The van der Waals surface area contributed by atoms with E-state index < -0.39 is 17.8 Å². The Balaban J connectivity index is 1.67. The molecule has 0 fully saturated rings. The topological polar surface area (TPSA) is 91.1 Å². The third-order valence-electron chi connectivity index (χ3n) is 6.34. The molecule has 2 aliphatic rings. The van der Waals surface area contributed by atoms with Gasteiger partial charge in [0.05, 0.1) is 22.1 Å². The number of fused-ring (bicyclic) bond motifs is 1. The predicted octanol–water partition coefficient (Wildman–Crippen LogP) is 6.35. The minimum Gasteiger partial charge on any atom is -0.346 e. The Labute approximate surface area is 197 Å². The molecule has 172 valence electrons. The highest BCUT2D eigenvalue weighted by molar-refractivity contribution is 7.72. The van der Waals surface area contributed by atoms with Crippen molar-refractivity contribution in [2.45, 2.75) is 19.3 Å². The zero-order chi connectivity index (χ0) is 24.1. The van der Waals surface area contributed by atoms with E-state index in [-0.39, 0.29) is 5.69 Å². The monoisotopic (exact) mass is 473 g/mol. The highest BCUT2D eigenvalue weighted by atomic mass is 31.2. The average Bonchev–Trinajstić information content (AvgIpc) is 3.25. The second kappa shape index (κ2) is 7.85. The van der Waals surface area contributed by atoms with Crippen molar-refractivity contribution >= 4 is 36.4 Å². The van der Waals surface area contributed by atoms with Gasteiger partial charge in [-0.25, -0.2) is 0 Å². The fraction of sp³-hybridized carbons (Fsp3) is 0.160. The van der Waals surface area contributed by atoms with Crippen LogP contribution in [0.2, 0.25) is 0 Å². The van der Waals surface area contributed by atoms with E-state index in [4.69, 9.17) is 0 Å². The Bertz CT molecular complexity index is 1380. The van der Waals surface area contributed by atoms with Gasteiger partial charge in [0, 0.05) is 41.7 Å². The molecule has 0 amide bonds. The Hall–Kier alpha value is -3.90. The second-order valence-electron chi connectivity index (χ2n) is 8.80. The summed E-state index contributed by atoms with van der Waals surface area (Å²) in [6, 6.07) is 23.4. The van der Waals surface area contributed by atoms with Gasteiger partial charge in [-0.1, -0.05) is 50.2 Å². The maximum Gasteiger partial charge on any atom is 0.313 e. The highest BCUT2D eigenvalue weighted by Gasteiger charge is 2.48.